The van der Waals surface area contributed by atoms with Gasteiger partial charge in [-0.05, 0) is 31.7 Å². The van der Waals surface area contributed by atoms with E-state index in [1.807, 2.05) is 12.1 Å². The molecule has 1 atom stereocenters. The molecular formula is C16H15BrF2N4O. The normalized spacial score (nSPS) is 21.6. The lowest BCUT2D eigenvalue weighted by atomic mass is 10.0. The van der Waals surface area contributed by atoms with Gasteiger partial charge in [-0.3, -0.25) is 9.55 Å². The molecule has 5 nitrogen and oxygen atoms in total. The Morgan fingerprint density at radius 2 is 2.21 bits per heavy atom. The number of hydrogen-bond donors (Lipinski definition) is 1. The molecule has 2 aromatic heterocycles. The molecule has 1 N–H and O–H groups in total. The molecule has 1 aliphatic rings. The molecule has 0 spiro atoms. The number of halogens is 3. The Labute approximate surface area is 144 Å². The van der Waals surface area contributed by atoms with E-state index in [0.717, 1.165) is 4.47 Å². The molecule has 0 aliphatic carbocycles. The Kier molecular flexibility index (Phi) is 3.50. The maximum atomic E-state index is 14.6. The Morgan fingerprint density at radius 3 is 2.96 bits per heavy atom. The maximum Gasteiger partial charge on any atom is 0.326 e. The zero-order valence-electron chi connectivity index (χ0n) is 12.9. The molecule has 3 heterocycles. The van der Waals surface area contributed by atoms with Crippen molar-refractivity contribution in [3.8, 4) is 0 Å². The van der Waals surface area contributed by atoms with Gasteiger partial charge < -0.3 is 9.88 Å². The highest BCUT2D eigenvalue weighted by atomic mass is 79.9. The molecule has 1 saturated heterocycles. The van der Waals surface area contributed by atoms with Crippen LogP contribution < -0.4 is 5.69 Å². The van der Waals surface area contributed by atoms with Gasteiger partial charge in [0.25, 0.3) is 5.92 Å². The summed E-state index contributed by atoms with van der Waals surface area (Å²) in [6.07, 6.45) is 1.74. The molecule has 1 fully saturated rings. The SMILES string of the molecule is CN1CCC(n2c(=O)[nH]c3cnc4ccc(Br)cc4c32)C(F)(F)C1. The molecule has 0 bridgehead atoms. The third-order valence-electron chi connectivity index (χ3n) is 4.57. The monoisotopic (exact) mass is 396 g/mol. The average molecular weight is 397 g/mol. The average Bonchev–Trinajstić information content (AvgIpc) is 2.83. The molecule has 4 rings (SSSR count). The minimum absolute atomic E-state index is 0.216. The smallest absolute Gasteiger partial charge is 0.304 e. The molecule has 0 radical (unpaired) electrons. The van der Waals surface area contributed by atoms with Gasteiger partial charge in [0.2, 0.25) is 0 Å². The minimum Gasteiger partial charge on any atom is -0.304 e. The largest absolute Gasteiger partial charge is 0.326 e. The molecule has 1 unspecified atom stereocenters. The van der Waals surface area contributed by atoms with Crippen molar-refractivity contribution in [2.75, 3.05) is 20.1 Å². The third-order valence-corrected chi connectivity index (χ3v) is 5.06. The summed E-state index contributed by atoms with van der Waals surface area (Å²) in [4.78, 5) is 21.0. The van der Waals surface area contributed by atoms with Crippen LogP contribution in [0.3, 0.4) is 0 Å². The Balaban J connectivity index is 2.03. The second kappa shape index (κ2) is 5.35. The number of nitrogens with one attached hydrogen (secondary N) is 1. The minimum atomic E-state index is -2.98. The fourth-order valence-corrected chi connectivity index (χ4v) is 3.85. The highest BCUT2D eigenvalue weighted by Gasteiger charge is 2.46. The van der Waals surface area contributed by atoms with E-state index in [1.54, 1.807) is 18.0 Å². The first-order chi connectivity index (χ1) is 11.4. The number of fused-ring (bicyclic) bond motifs is 3. The van der Waals surface area contributed by atoms with Crippen LogP contribution in [0.25, 0.3) is 21.9 Å². The van der Waals surface area contributed by atoms with Crippen LogP contribution >= 0.6 is 15.9 Å². The Morgan fingerprint density at radius 1 is 1.42 bits per heavy atom. The van der Waals surface area contributed by atoms with Crippen molar-refractivity contribution in [1.29, 1.82) is 0 Å². The first-order valence-electron chi connectivity index (χ1n) is 7.62. The summed E-state index contributed by atoms with van der Waals surface area (Å²) in [7, 11) is 1.67. The summed E-state index contributed by atoms with van der Waals surface area (Å²) in [5.74, 6) is -2.98. The number of nitrogens with zero attached hydrogens (tertiary/aromatic N) is 3. The van der Waals surface area contributed by atoms with Crippen LogP contribution in [0.15, 0.2) is 33.7 Å². The van der Waals surface area contributed by atoms with Crippen LogP contribution in [0.1, 0.15) is 12.5 Å². The van der Waals surface area contributed by atoms with E-state index in [2.05, 4.69) is 25.9 Å². The number of alkyl halides is 2. The van der Waals surface area contributed by atoms with Crippen LogP contribution in [0, 0.1) is 0 Å². The Hall–Kier alpha value is -1.80. The van der Waals surface area contributed by atoms with Crippen molar-refractivity contribution < 1.29 is 8.78 Å². The van der Waals surface area contributed by atoms with Crippen LogP contribution in [0.5, 0.6) is 0 Å². The lowest BCUT2D eigenvalue weighted by Crippen LogP contribution is -2.49. The van der Waals surface area contributed by atoms with Crippen molar-refractivity contribution in [2.45, 2.75) is 18.4 Å². The number of aromatic amines is 1. The van der Waals surface area contributed by atoms with E-state index < -0.39 is 17.7 Å². The molecule has 0 saturated carbocycles. The number of hydrogen-bond acceptors (Lipinski definition) is 3. The molecule has 0 amide bonds. The van der Waals surface area contributed by atoms with E-state index in [9.17, 15) is 13.6 Å². The number of H-pyrrole nitrogens is 1. The van der Waals surface area contributed by atoms with Crippen molar-refractivity contribution in [3.63, 3.8) is 0 Å². The van der Waals surface area contributed by atoms with Gasteiger partial charge in [-0.25, -0.2) is 13.6 Å². The van der Waals surface area contributed by atoms with Crippen molar-refractivity contribution >= 4 is 37.9 Å². The van der Waals surface area contributed by atoms with E-state index >= 15 is 0 Å². The second-order valence-electron chi connectivity index (χ2n) is 6.29. The van der Waals surface area contributed by atoms with Crippen LogP contribution in [-0.4, -0.2) is 45.5 Å². The van der Waals surface area contributed by atoms with Gasteiger partial charge in [-0.1, -0.05) is 15.9 Å². The predicted molar refractivity (Wildman–Crippen MR) is 91.7 cm³/mol. The highest BCUT2D eigenvalue weighted by molar-refractivity contribution is 9.10. The van der Waals surface area contributed by atoms with Crippen LogP contribution in [-0.2, 0) is 0 Å². The molecule has 8 heteroatoms. The van der Waals surface area contributed by atoms with Crippen LogP contribution in [0.4, 0.5) is 8.78 Å². The highest BCUT2D eigenvalue weighted by Crippen LogP contribution is 2.38. The molecule has 1 aliphatic heterocycles. The lowest BCUT2D eigenvalue weighted by molar-refractivity contribution is -0.0976. The lowest BCUT2D eigenvalue weighted by Gasteiger charge is -2.37. The van der Waals surface area contributed by atoms with E-state index in [0.29, 0.717) is 28.5 Å². The summed E-state index contributed by atoms with van der Waals surface area (Å²) in [5.41, 5.74) is 1.10. The Bertz CT molecular complexity index is 997. The molecular weight excluding hydrogens is 382 g/mol. The standard InChI is InChI=1S/C16H15BrF2N4O/c1-22-5-4-13(16(18,19)8-22)23-14-10-6-9(17)2-3-11(10)20-7-12(14)21-15(23)24/h2-3,6-7,13H,4-5,8H2,1H3,(H,21,24). The fourth-order valence-electron chi connectivity index (χ4n) is 3.49. The fraction of sp³-hybridized carbons (Fsp3) is 0.375. The summed E-state index contributed by atoms with van der Waals surface area (Å²) in [6.45, 7) is 0.162. The predicted octanol–water partition coefficient (Wildman–Crippen LogP) is 3.15. The molecule has 3 aromatic rings. The zero-order chi connectivity index (χ0) is 17.1. The van der Waals surface area contributed by atoms with Gasteiger partial charge in [-0.2, -0.15) is 0 Å². The summed E-state index contributed by atoms with van der Waals surface area (Å²) >= 11 is 3.40. The van der Waals surface area contributed by atoms with Crippen molar-refractivity contribution in [2.24, 2.45) is 0 Å². The first-order valence-corrected chi connectivity index (χ1v) is 8.41. The van der Waals surface area contributed by atoms with Gasteiger partial charge in [0.15, 0.2) is 0 Å². The number of piperidine rings is 1. The number of imidazole rings is 1. The topological polar surface area (TPSA) is 53.9 Å². The number of benzene rings is 1. The summed E-state index contributed by atoms with van der Waals surface area (Å²) in [6, 6.07) is 4.27. The van der Waals surface area contributed by atoms with Crippen molar-refractivity contribution in [3.05, 3.63) is 39.4 Å². The van der Waals surface area contributed by atoms with Gasteiger partial charge in [-0.15, -0.1) is 0 Å². The maximum absolute atomic E-state index is 14.6. The first kappa shape index (κ1) is 15.7. The quantitative estimate of drug-likeness (QED) is 0.687. The zero-order valence-corrected chi connectivity index (χ0v) is 14.5. The molecule has 1 aromatic carbocycles. The summed E-state index contributed by atoms with van der Waals surface area (Å²) in [5, 5.41) is 0.676. The van der Waals surface area contributed by atoms with Crippen LogP contribution in [0.2, 0.25) is 0 Å². The van der Waals surface area contributed by atoms with Gasteiger partial charge in [0.1, 0.15) is 6.04 Å². The third kappa shape index (κ3) is 2.36. The van der Waals surface area contributed by atoms with Gasteiger partial charge in [0, 0.05) is 16.4 Å². The number of rotatable bonds is 1. The van der Waals surface area contributed by atoms with Gasteiger partial charge >= 0.3 is 5.69 Å². The second-order valence-corrected chi connectivity index (χ2v) is 7.20. The van der Waals surface area contributed by atoms with E-state index in [1.165, 1.54) is 10.8 Å². The number of pyridine rings is 1. The number of likely N-dealkylation sites (tertiary alicyclic amines) is 1. The van der Waals surface area contributed by atoms with E-state index in [4.69, 9.17) is 0 Å². The van der Waals surface area contributed by atoms with Gasteiger partial charge in [0.05, 0.1) is 29.3 Å². The number of aromatic nitrogens is 3. The van der Waals surface area contributed by atoms with Crippen molar-refractivity contribution in [1.82, 2.24) is 19.4 Å². The molecule has 126 valence electrons. The molecule has 24 heavy (non-hydrogen) atoms. The summed E-state index contributed by atoms with van der Waals surface area (Å²) < 4.78 is 31.3. The van der Waals surface area contributed by atoms with E-state index in [-0.39, 0.29) is 13.0 Å².